The second-order valence-electron chi connectivity index (χ2n) is 5.41. The highest BCUT2D eigenvalue weighted by Gasteiger charge is 2.18. The summed E-state index contributed by atoms with van der Waals surface area (Å²) in [6, 6.07) is 6.90. The molecular weight excluding hydrogens is 222 g/mol. The molecule has 0 spiro atoms. The second kappa shape index (κ2) is 5.11. The number of imidazole rings is 1. The summed E-state index contributed by atoms with van der Waals surface area (Å²) in [6.45, 7) is 0.965. The third-order valence-electron chi connectivity index (χ3n) is 4.02. The Hall–Kier alpha value is -1.35. The number of nitrogens with zero attached hydrogens (tertiary/aromatic N) is 3. The first-order valence-corrected chi connectivity index (χ1v) is 6.96. The van der Waals surface area contributed by atoms with Crippen molar-refractivity contribution in [2.75, 3.05) is 7.05 Å². The molecule has 2 heterocycles. The molecule has 0 N–H and O–H groups in total. The molecule has 1 aliphatic carbocycles. The summed E-state index contributed by atoms with van der Waals surface area (Å²) in [5, 5.41) is 0. The van der Waals surface area contributed by atoms with Crippen LogP contribution in [0, 0.1) is 0 Å². The average molecular weight is 243 g/mol. The number of fused-ring (bicyclic) bond motifs is 1. The lowest BCUT2D eigenvalue weighted by atomic mass is 9.94. The Balaban J connectivity index is 1.71. The van der Waals surface area contributed by atoms with E-state index in [0.29, 0.717) is 0 Å². The van der Waals surface area contributed by atoms with Gasteiger partial charge in [0.25, 0.3) is 0 Å². The van der Waals surface area contributed by atoms with E-state index in [2.05, 4.69) is 39.8 Å². The van der Waals surface area contributed by atoms with Gasteiger partial charge in [-0.25, -0.2) is 4.98 Å². The molecule has 0 bridgehead atoms. The minimum atomic E-state index is 0.753. The Kier molecular flexibility index (Phi) is 3.33. The summed E-state index contributed by atoms with van der Waals surface area (Å²) in [5.41, 5.74) is 2.22. The smallest absolute Gasteiger partial charge is 0.137 e. The fourth-order valence-electron chi connectivity index (χ4n) is 2.97. The van der Waals surface area contributed by atoms with E-state index in [9.17, 15) is 0 Å². The Morgan fingerprint density at radius 2 is 2.11 bits per heavy atom. The molecule has 3 nitrogen and oxygen atoms in total. The maximum absolute atomic E-state index is 4.67. The van der Waals surface area contributed by atoms with E-state index >= 15 is 0 Å². The van der Waals surface area contributed by atoms with Crippen LogP contribution in [0.4, 0.5) is 0 Å². The van der Waals surface area contributed by atoms with Crippen molar-refractivity contribution >= 4 is 5.65 Å². The first-order valence-electron chi connectivity index (χ1n) is 6.96. The SMILES string of the molecule is CN(Cc1cn2ccccc2n1)C1CCCCC1. The van der Waals surface area contributed by atoms with E-state index in [-0.39, 0.29) is 0 Å². The van der Waals surface area contributed by atoms with Crippen LogP contribution in [0.1, 0.15) is 37.8 Å². The molecule has 1 saturated carbocycles. The van der Waals surface area contributed by atoms with Crippen LogP contribution in [0.25, 0.3) is 5.65 Å². The third kappa shape index (κ3) is 2.41. The Labute approximate surface area is 108 Å². The molecule has 1 fully saturated rings. The van der Waals surface area contributed by atoms with Gasteiger partial charge in [0.15, 0.2) is 0 Å². The van der Waals surface area contributed by atoms with Gasteiger partial charge in [-0.3, -0.25) is 4.90 Å². The first kappa shape index (κ1) is 11.7. The van der Waals surface area contributed by atoms with Gasteiger partial charge in [0, 0.05) is 25.0 Å². The van der Waals surface area contributed by atoms with Crippen molar-refractivity contribution in [2.24, 2.45) is 0 Å². The molecule has 0 radical (unpaired) electrons. The maximum Gasteiger partial charge on any atom is 0.137 e. The molecule has 0 amide bonds. The summed E-state index contributed by atoms with van der Waals surface area (Å²) < 4.78 is 2.10. The molecule has 1 aliphatic rings. The van der Waals surface area contributed by atoms with Crippen LogP contribution >= 0.6 is 0 Å². The summed E-state index contributed by atoms with van der Waals surface area (Å²) >= 11 is 0. The normalized spacial score (nSPS) is 17.7. The number of rotatable bonds is 3. The molecule has 3 heteroatoms. The average Bonchev–Trinajstić information content (AvgIpc) is 2.82. The Morgan fingerprint density at radius 1 is 1.28 bits per heavy atom. The van der Waals surface area contributed by atoms with Crippen LogP contribution in [-0.4, -0.2) is 27.4 Å². The van der Waals surface area contributed by atoms with Crippen LogP contribution in [-0.2, 0) is 6.54 Å². The molecular formula is C15H21N3. The van der Waals surface area contributed by atoms with Crippen LogP contribution < -0.4 is 0 Å². The van der Waals surface area contributed by atoms with Crippen LogP contribution in [0.15, 0.2) is 30.6 Å². The highest BCUT2D eigenvalue weighted by atomic mass is 15.1. The van der Waals surface area contributed by atoms with E-state index in [4.69, 9.17) is 0 Å². The van der Waals surface area contributed by atoms with Crippen molar-refractivity contribution in [1.82, 2.24) is 14.3 Å². The Bertz CT molecular complexity index is 478. The van der Waals surface area contributed by atoms with Gasteiger partial charge >= 0.3 is 0 Å². The molecule has 18 heavy (non-hydrogen) atoms. The summed E-state index contributed by atoms with van der Waals surface area (Å²) in [6.07, 6.45) is 11.1. The van der Waals surface area contributed by atoms with E-state index in [1.807, 2.05) is 12.1 Å². The number of hydrogen-bond donors (Lipinski definition) is 0. The van der Waals surface area contributed by atoms with Crippen molar-refractivity contribution < 1.29 is 0 Å². The number of hydrogen-bond acceptors (Lipinski definition) is 2. The number of aromatic nitrogens is 2. The van der Waals surface area contributed by atoms with Gasteiger partial charge in [-0.1, -0.05) is 25.3 Å². The van der Waals surface area contributed by atoms with Gasteiger partial charge in [0.1, 0.15) is 5.65 Å². The highest BCUT2D eigenvalue weighted by molar-refractivity contribution is 5.39. The standard InChI is InChI=1S/C15H21N3/c1-17(14-7-3-2-4-8-14)11-13-12-18-10-6-5-9-15(18)16-13/h5-6,9-10,12,14H,2-4,7-8,11H2,1H3. The quantitative estimate of drug-likeness (QED) is 0.825. The molecule has 0 unspecified atom stereocenters. The van der Waals surface area contributed by atoms with E-state index < -0.39 is 0 Å². The lowest BCUT2D eigenvalue weighted by Crippen LogP contribution is -2.32. The third-order valence-corrected chi connectivity index (χ3v) is 4.02. The first-order chi connectivity index (χ1) is 8.83. The van der Waals surface area contributed by atoms with Gasteiger partial charge in [0.2, 0.25) is 0 Å². The van der Waals surface area contributed by atoms with Crippen molar-refractivity contribution in [1.29, 1.82) is 0 Å². The summed E-state index contributed by atoms with van der Waals surface area (Å²) in [7, 11) is 2.24. The fourth-order valence-corrected chi connectivity index (χ4v) is 2.97. The van der Waals surface area contributed by atoms with Crippen LogP contribution in [0.3, 0.4) is 0 Å². The van der Waals surface area contributed by atoms with Gasteiger partial charge < -0.3 is 4.40 Å². The molecule has 0 aromatic carbocycles. The molecule has 0 atom stereocenters. The Morgan fingerprint density at radius 3 is 2.89 bits per heavy atom. The highest BCUT2D eigenvalue weighted by Crippen LogP contribution is 2.22. The maximum atomic E-state index is 4.67. The largest absolute Gasteiger partial charge is 0.307 e. The van der Waals surface area contributed by atoms with Gasteiger partial charge in [-0.05, 0) is 32.0 Å². The zero-order valence-corrected chi connectivity index (χ0v) is 11.0. The second-order valence-corrected chi connectivity index (χ2v) is 5.41. The van der Waals surface area contributed by atoms with Crippen molar-refractivity contribution in [3.05, 3.63) is 36.3 Å². The van der Waals surface area contributed by atoms with Crippen molar-refractivity contribution in [3.63, 3.8) is 0 Å². The molecule has 2 aromatic heterocycles. The predicted octanol–water partition coefficient (Wildman–Crippen LogP) is 3.10. The molecule has 3 rings (SSSR count). The van der Waals surface area contributed by atoms with Crippen LogP contribution in [0.2, 0.25) is 0 Å². The molecule has 96 valence electrons. The van der Waals surface area contributed by atoms with Crippen molar-refractivity contribution in [2.45, 2.75) is 44.7 Å². The monoisotopic (exact) mass is 243 g/mol. The molecule has 2 aromatic rings. The summed E-state index contributed by atoms with van der Waals surface area (Å²) in [4.78, 5) is 7.14. The minimum absolute atomic E-state index is 0.753. The van der Waals surface area contributed by atoms with Crippen molar-refractivity contribution in [3.8, 4) is 0 Å². The predicted molar refractivity (Wildman–Crippen MR) is 73.5 cm³/mol. The lowest BCUT2D eigenvalue weighted by Gasteiger charge is -2.30. The number of pyridine rings is 1. The van der Waals surface area contributed by atoms with E-state index in [0.717, 1.165) is 18.2 Å². The zero-order chi connectivity index (χ0) is 12.4. The summed E-state index contributed by atoms with van der Waals surface area (Å²) in [5.74, 6) is 0. The topological polar surface area (TPSA) is 20.5 Å². The lowest BCUT2D eigenvalue weighted by molar-refractivity contribution is 0.183. The van der Waals surface area contributed by atoms with Gasteiger partial charge in [-0.2, -0.15) is 0 Å². The van der Waals surface area contributed by atoms with E-state index in [1.165, 1.54) is 37.8 Å². The molecule has 0 aliphatic heterocycles. The van der Waals surface area contributed by atoms with E-state index in [1.54, 1.807) is 0 Å². The fraction of sp³-hybridized carbons (Fsp3) is 0.533. The minimum Gasteiger partial charge on any atom is -0.307 e. The van der Waals surface area contributed by atoms with Gasteiger partial charge in [0.05, 0.1) is 5.69 Å². The van der Waals surface area contributed by atoms with Crippen LogP contribution in [0.5, 0.6) is 0 Å². The van der Waals surface area contributed by atoms with Gasteiger partial charge in [-0.15, -0.1) is 0 Å². The molecule has 0 saturated heterocycles. The zero-order valence-electron chi connectivity index (χ0n) is 11.0.